The molecule has 0 aromatic rings. The first-order valence-corrected chi connectivity index (χ1v) is 3.70. The van der Waals surface area contributed by atoms with Gasteiger partial charge in [-0.2, -0.15) is 0 Å². The number of terminal acetylenes is 1. The van der Waals surface area contributed by atoms with Gasteiger partial charge in [-0.05, 0) is 26.0 Å². The molecule has 1 saturated heterocycles. The molecule has 11 heavy (non-hydrogen) atoms. The van der Waals surface area contributed by atoms with Crippen molar-refractivity contribution in [2.45, 2.75) is 25.6 Å². The monoisotopic (exact) mass is 148 g/mol. The van der Waals surface area contributed by atoms with Gasteiger partial charge in [0.2, 0.25) is 0 Å². The Balaban J connectivity index is 2.72. The zero-order valence-corrected chi connectivity index (χ0v) is 6.87. The van der Waals surface area contributed by atoms with Gasteiger partial charge in [0.05, 0.1) is 0 Å². The number of epoxide rings is 1. The van der Waals surface area contributed by atoms with Crippen LogP contribution in [0.15, 0.2) is 24.3 Å². The van der Waals surface area contributed by atoms with Gasteiger partial charge in [0.1, 0.15) is 5.60 Å². The summed E-state index contributed by atoms with van der Waals surface area (Å²) in [6, 6.07) is 0. The highest BCUT2D eigenvalue weighted by Gasteiger charge is 2.51. The zero-order chi connectivity index (χ0) is 8.32. The van der Waals surface area contributed by atoms with Crippen LogP contribution in [0.3, 0.4) is 0 Å². The number of hydrogen-bond acceptors (Lipinski definition) is 1. The van der Waals surface area contributed by atoms with Crippen molar-refractivity contribution in [3.63, 3.8) is 0 Å². The average Bonchev–Trinajstić information content (AvgIpc) is 2.65. The third-order valence-corrected chi connectivity index (χ3v) is 1.68. The quantitative estimate of drug-likeness (QED) is 0.331. The van der Waals surface area contributed by atoms with E-state index >= 15 is 0 Å². The lowest BCUT2D eigenvalue weighted by Gasteiger charge is -1.95. The van der Waals surface area contributed by atoms with Gasteiger partial charge in [0.25, 0.3) is 0 Å². The summed E-state index contributed by atoms with van der Waals surface area (Å²) < 4.78 is 5.32. The van der Waals surface area contributed by atoms with Gasteiger partial charge in [-0.3, -0.25) is 0 Å². The Morgan fingerprint density at radius 3 is 2.18 bits per heavy atom. The molecule has 1 heteroatoms. The number of allylic oxidation sites excluding steroid dienone is 2. The first kappa shape index (κ1) is 8.10. The van der Waals surface area contributed by atoms with E-state index in [1.807, 2.05) is 38.2 Å². The summed E-state index contributed by atoms with van der Waals surface area (Å²) in [4.78, 5) is 0. The van der Waals surface area contributed by atoms with Crippen LogP contribution in [0.25, 0.3) is 0 Å². The fraction of sp³-hybridized carbons (Fsp3) is 0.400. The molecular weight excluding hydrogens is 136 g/mol. The van der Waals surface area contributed by atoms with Crippen molar-refractivity contribution < 1.29 is 4.74 Å². The first-order chi connectivity index (χ1) is 5.29. The van der Waals surface area contributed by atoms with Gasteiger partial charge < -0.3 is 4.74 Å². The molecule has 0 spiro atoms. The van der Waals surface area contributed by atoms with Crippen LogP contribution in [-0.2, 0) is 4.74 Å². The van der Waals surface area contributed by atoms with Crippen molar-refractivity contribution in [2.24, 2.45) is 0 Å². The van der Waals surface area contributed by atoms with E-state index in [1.165, 1.54) is 0 Å². The highest BCUT2D eigenvalue weighted by molar-refractivity contribution is 5.33. The van der Waals surface area contributed by atoms with Crippen molar-refractivity contribution in [1.29, 1.82) is 0 Å². The van der Waals surface area contributed by atoms with Gasteiger partial charge >= 0.3 is 0 Å². The second kappa shape index (κ2) is 2.94. The summed E-state index contributed by atoms with van der Waals surface area (Å²) in [5, 5.41) is 0. The number of ether oxygens (including phenoxy) is 1. The maximum absolute atomic E-state index is 5.32. The molecule has 1 aliphatic heterocycles. The highest BCUT2D eigenvalue weighted by Crippen LogP contribution is 2.38. The molecule has 0 aliphatic carbocycles. The van der Waals surface area contributed by atoms with Crippen LogP contribution in [0.2, 0.25) is 0 Å². The Morgan fingerprint density at radius 2 is 1.91 bits per heavy atom. The van der Waals surface area contributed by atoms with E-state index in [2.05, 4.69) is 5.92 Å². The topological polar surface area (TPSA) is 12.5 Å². The summed E-state index contributed by atoms with van der Waals surface area (Å²) in [7, 11) is 0. The van der Waals surface area contributed by atoms with E-state index in [9.17, 15) is 0 Å². The van der Waals surface area contributed by atoms with Crippen LogP contribution >= 0.6 is 0 Å². The average molecular weight is 148 g/mol. The van der Waals surface area contributed by atoms with E-state index in [0.29, 0.717) is 0 Å². The Labute approximate surface area is 67.8 Å². The zero-order valence-electron chi connectivity index (χ0n) is 6.87. The largest absolute Gasteiger partial charge is 0.343 e. The lowest BCUT2D eigenvalue weighted by atomic mass is 10.0. The fourth-order valence-corrected chi connectivity index (χ4v) is 1.16. The summed E-state index contributed by atoms with van der Waals surface area (Å²) >= 11 is 0. The molecule has 1 fully saturated rings. The maximum Gasteiger partial charge on any atom is 0.155 e. The summed E-state index contributed by atoms with van der Waals surface area (Å²) in [6.45, 7) is 3.92. The van der Waals surface area contributed by atoms with Crippen molar-refractivity contribution in [3.05, 3.63) is 24.3 Å². The Bertz CT molecular complexity index is 218. The molecule has 1 unspecified atom stereocenters. The Hall–Kier alpha value is -1.00. The van der Waals surface area contributed by atoms with Gasteiger partial charge in [0, 0.05) is 0 Å². The molecule has 0 aromatic carbocycles. The summed E-state index contributed by atoms with van der Waals surface area (Å²) in [6.07, 6.45) is 13.0. The van der Waals surface area contributed by atoms with Crippen molar-refractivity contribution in [2.75, 3.05) is 0 Å². The molecule has 0 aromatic heterocycles. The van der Waals surface area contributed by atoms with Crippen LogP contribution in [0.1, 0.15) is 13.8 Å². The molecule has 1 rings (SSSR count). The molecule has 58 valence electrons. The molecule has 0 N–H and O–H groups in total. The third kappa shape index (κ3) is 1.36. The minimum atomic E-state index is -0.280. The van der Waals surface area contributed by atoms with Gasteiger partial charge in [-0.1, -0.05) is 18.1 Å². The van der Waals surface area contributed by atoms with Crippen molar-refractivity contribution in [3.8, 4) is 12.3 Å². The molecule has 1 aliphatic rings. The van der Waals surface area contributed by atoms with Gasteiger partial charge in [-0.15, -0.1) is 6.42 Å². The molecule has 1 nitrogen and oxygen atoms in total. The first-order valence-electron chi connectivity index (χ1n) is 3.70. The Kier molecular flexibility index (Phi) is 2.16. The highest BCUT2D eigenvalue weighted by atomic mass is 16.6. The fourth-order valence-electron chi connectivity index (χ4n) is 1.16. The molecule has 0 amide bonds. The normalized spacial score (nSPS) is 27.5. The van der Waals surface area contributed by atoms with Crippen molar-refractivity contribution >= 4 is 0 Å². The molecule has 1 atom stereocenters. The molecule has 0 saturated carbocycles. The molecular formula is C10H12O. The van der Waals surface area contributed by atoms with Gasteiger partial charge in [0.15, 0.2) is 6.10 Å². The predicted molar refractivity (Wildman–Crippen MR) is 46.1 cm³/mol. The summed E-state index contributed by atoms with van der Waals surface area (Å²) in [5.41, 5.74) is -0.280. The van der Waals surface area contributed by atoms with E-state index in [-0.39, 0.29) is 11.7 Å². The number of rotatable bonds is 2. The predicted octanol–water partition coefficient (Wildman–Crippen LogP) is 1.91. The van der Waals surface area contributed by atoms with E-state index in [0.717, 1.165) is 0 Å². The van der Waals surface area contributed by atoms with Gasteiger partial charge in [-0.25, -0.2) is 0 Å². The van der Waals surface area contributed by atoms with Crippen LogP contribution in [0.5, 0.6) is 0 Å². The van der Waals surface area contributed by atoms with Crippen LogP contribution in [-0.4, -0.2) is 11.7 Å². The number of hydrogen-bond donors (Lipinski definition) is 0. The van der Waals surface area contributed by atoms with Crippen LogP contribution in [0, 0.1) is 12.3 Å². The van der Waals surface area contributed by atoms with E-state index in [4.69, 9.17) is 11.2 Å². The lowest BCUT2D eigenvalue weighted by Crippen LogP contribution is -2.05. The summed E-state index contributed by atoms with van der Waals surface area (Å²) in [5.74, 6) is 2.57. The standard InChI is InChI=1S/C10H12O/c1-4-7-10(8-5-2)9(6-3)11-10/h3-5,7-9H,1-2H3/b7-4+,8-5+. The third-order valence-electron chi connectivity index (χ3n) is 1.68. The smallest absolute Gasteiger partial charge is 0.155 e. The lowest BCUT2D eigenvalue weighted by molar-refractivity contribution is 0.378. The minimum absolute atomic E-state index is 0.0603. The Morgan fingerprint density at radius 1 is 1.36 bits per heavy atom. The molecule has 0 radical (unpaired) electrons. The second-order valence-electron chi connectivity index (χ2n) is 2.52. The van der Waals surface area contributed by atoms with E-state index in [1.54, 1.807) is 0 Å². The van der Waals surface area contributed by atoms with Crippen molar-refractivity contribution in [1.82, 2.24) is 0 Å². The second-order valence-corrected chi connectivity index (χ2v) is 2.52. The maximum atomic E-state index is 5.32. The SMILES string of the molecule is C#CC1OC1(/C=C/C)/C=C/C. The minimum Gasteiger partial charge on any atom is -0.343 e. The van der Waals surface area contributed by atoms with E-state index < -0.39 is 0 Å². The van der Waals surface area contributed by atoms with Crippen LogP contribution < -0.4 is 0 Å². The van der Waals surface area contributed by atoms with Crippen LogP contribution in [0.4, 0.5) is 0 Å². The molecule has 1 heterocycles. The molecule has 0 bridgehead atoms.